The number of amides is 1. The largest absolute Gasteiger partial charge is 0.462 e. The molecule has 1 aromatic rings. The van der Waals surface area contributed by atoms with Crippen LogP contribution in [-0.4, -0.2) is 24.5 Å². The van der Waals surface area contributed by atoms with Crippen LogP contribution >= 0.6 is 15.9 Å². The van der Waals surface area contributed by atoms with Gasteiger partial charge in [0.15, 0.2) is 0 Å². The van der Waals surface area contributed by atoms with Crippen molar-refractivity contribution in [3.05, 3.63) is 22.2 Å². The highest BCUT2D eigenvalue weighted by atomic mass is 79.9. The van der Waals surface area contributed by atoms with E-state index < -0.39 is 5.97 Å². The first kappa shape index (κ1) is 12.9. The average molecular weight is 313 g/mol. The number of hydrogen-bond donors (Lipinski definition) is 2. The van der Waals surface area contributed by atoms with Crippen molar-refractivity contribution < 1.29 is 14.3 Å². The molecular formula is C12H13BrN2O3. The van der Waals surface area contributed by atoms with Gasteiger partial charge in [0.05, 0.1) is 23.5 Å². The van der Waals surface area contributed by atoms with E-state index in [0.29, 0.717) is 17.9 Å². The van der Waals surface area contributed by atoms with E-state index >= 15 is 0 Å². The normalized spacial score (nSPS) is 17.5. The number of rotatable bonds is 2. The first-order valence-electron chi connectivity index (χ1n) is 5.61. The van der Waals surface area contributed by atoms with Gasteiger partial charge in [-0.3, -0.25) is 4.79 Å². The number of anilines is 2. The van der Waals surface area contributed by atoms with Gasteiger partial charge in [0.25, 0.3) is 0 Å². The van der Waals surface area contributed by atoms with Crippen molar-refractivity contribution in [3.63, 3.8) is 0 Å². The summed E-state index contributed by atoms with van der Waals surface area (Å²) in [6.07, 6.45) is 0. The molecule has 1 aliphatic heterocycles. The molecule has 2 N–H and O–H groups in total. The van der Waals surface area contributed by atoms with Gasteiger partial charge >= 0.3 is 5.97 Å². The molecule has 1 amide bonds. The fourth-order valence-corrected chi connectivity index (χ4v) is 2.28. The predicted molar refractivity (Wildman–Crippen MR) is 71.8 cm³/mol. The van der Waals surface area contributed by atoms with E-state index in [0.717, 1.165) is 10.2 Å². The molecule has 2 rings (SSSR count). The fourth-order valence-electron chi connectivity index (χ4n) is 1.71. The molecule has 6 heteroatoms. The second kappa shape index (κ2) is 4.97. The molecule has 1 heterocycles. The van der Waals surface area contributed by atoms with Crippen LogP contribution < -0.4 is 10.6 Å². The third-order valence-corrected chi connectivity index (χ3v) is 3.24. The van der Waals surface area contributed by atoms with Crippen molar-refractivity contribution in [2.45, 2.75) is 19.9 Å². The van der Waals surface area contributed by atoms with Gasteiger partial charge in [-0.2, -0.15) is 0 Å². The third-order valence-electron chi connectivity index (χ3n) is 2.61. The smallest absolute Gasteiger partial charge is 0.338 e. The minimum absolute atomic E-state index is 0.129. The molecule has 0 saturated carbocycles. The summed E-state index contributed by atoms with van der Waals surface area (Å²) < 4.78 is 5.65. The van der Waals surface area contributed by atoms with E-state index in [1.54, 1.807) is 26.0 Å². The summed E-state index contributed by atoms with van der Waals surface area (Å²) >= 11 is 3.38. The number of carbonyl (C=O) groups is 2. The summed E-state index contributed by atoms with van der Waals surface area (Å²) in [4.78, 5) is 23.2. The highest BCUT2D eigenvalue weighted by molar-refractivity contribution is 9.10. The maximum Gasteiger partial charge on any atom is 0.338 e. The van der Waals surface area contributed by atoms with E-state index in [-0.39, 0.29) is 11.9 Å². The van der Waals surface area contributed by atoms with Crippen LogP contribution in [0.25, 0.3) is 0 Å². The number of benzene rings is 1. The van der Waals surface area contributed by atoms with Gasteiger partial charge in [0, 0.05) is 4.47 Å². The van der Waals surface area contributed by atoms with Crippen molar-refractivity contribution in [1.82, 2.24) is 0 Å². The topological polar surface area (TPSA) is 67.4 Å². The third kappa shape index (κ3) is 2.33. The SMILES string of the molecule is CCOC(=O)c1cc(Br)c2c(c1)NC(=O)C(C)N2. The lowest BCUT2D eigenvalue weighted by atomic mass is 10.1. The summed E-state index contributed by atoms with van der Waals surface area (Å²) in [5.41, 5.74) is 1.75. The summed E-state index contributed by atoms with van der Waals surface area (Å²) in [6, 6.07) is 2.98. The van der Waals surface area contributed by atoms with E-state index in [4.69, 9.17) is 4.74 Å². The number of nitrogens with one attached hydrogen (secondary N) is 2. The van der Waals surface area contributed by atoms with Crippen LogP contribution in [-0.2, 0) is 9.53 Å². The molecule has 1 atom stereocenters. The molecule has 0 saturated heterocycles. The monoisotopic (exact) mass is 312 g/mol. The Hall–Kier alpha value is -1.56. The van der Waals surface area contributed by atoms with Crippen LogP contribution in [0.5, 0.6) is 0 Å². The first-order valence-corrected chi connectivity index (χ1v) is 6.40. The molecule has 0 aliphatic carbocycles. The number of fused-ring (bicyclic) bond motifs is 1. The van der Waals surface area contributed by atoms with E-state index in [1.807, 2.05) is 0 Å². The van der Waals surface area contributed by atoms with Crippen LogP contribution in [0.1, 0.15) is 24.2 Å². The number of carbonyl (C=O) groups excluding carboxylic acids is 2. The Labute approximate surface area is 113 Å². The van der Waals surface area contributed by atoms with Crippen molar-refractivity contribution in [3.8, 4) is 0 Å². The maximum atomic E-state index is 11.7. The maximum absolute atomic E-state index is 11.7. The Balaban J connectivity index is 2.40. The lowest BCUT2D eigenvalue weighted by molar-refractivity contribution is -0.116. The molecular weight excluding hydrogens is 300 g/mol. The van der Waals surface area contributed by atoms with Crippen molar-refractivity contribution in [2.24, 2.45) is 0 Å². The molecule has 0 spiro atoms. The summed E-state index contributed by atoms with van der Waals surface area (Å²) in [6.45, 7) is 3.83. The number of hydrogen-bond acceptors (Lipinski definition) is 4. The van der Waals surface area contributed by atoms with E-state index in [9.17, 15) is 9.59 Å². The summed E-state index contributed by atoms with van der Waals surface area (Å²) in [5.74, 6) is -0.538. The van der Waals surface area contributed by atoms with Crippen LogP contribution in [0.15, 0.2) is 16.6 Å². The number of esters is 1. The van der Waals surface area contributed by atoms with Gasteiger partial charge < -0.3 is 15.4 Å². The molecule has 0 fully saturated rings. The van der Waals surface area contributed by atoms with Crippen LogP contribution in [0, 0.1) is 0 Å². The van der Waals surface area contributed by atoms with Gasteiger partial charge in [0.2, 0.25) is 5.91 Å². The first-order chi connectivity index (χ1) is 8.52. The molecule has 1 unspecified atom stereocenters. The Morgan fingerprint density at radius 1 is 1.50 bits per heavy atom. The minimum atomic E-state index is -0.408. The quantitative estimate of drug-likeness (QED) is 0.823. The summed E-state index contributed by atoms with van der Waals surface area (Å²) in [7, 11) is 0. The summed E-state index contributed by atoms with van der Waals surface area (Å²) in [5, 5.41) is 5.81. The highest BCUT2D eigenvalue weighted by Crippen LogP contribution is 2.35. The lowest BCUT2D eigenvalue weighted by Gasteiger charge is -2.25. The lowest BCUT2D eigenvalue weighted by Crippen LogP contribution is -2.36. The average Bonchev–Trinajstić information content (AvgIpc) is 2.32. The van der Waals surface area contributed by atoms with E-state index in [1.165, 1.54) is 0 Å². The second-order valence-corrected chi connectivity index (χ2v) is 4.81. The van der Waals surface area contributed by atoms with Crippen molar-refractivity contribution >= 4 is 39.2 Å². The zero-order valence-electron chi connectivity index (χ0n) is 10.0. The number of halogens is 1. The van der Waals surface area contributed by atoms with Gasteiger partial charge in [-0.05, 0) is 41.9 Å². The van der Waals surface area contributed by atoms with Gasteiger partial charge in [-0.1, -0.05) is 0 Å². The number of ether oxygens (including phenoxy) is 1. The van der Waals surface area contributed by atoms with Crippen LogP contribution in [0.4, 0.5) is 11.4 Å². The molecule has 96 valence electrons. The molecule has 18 heavy (non-hydrogen) atoms. The zero-order chi connectivity index (χ0) is 13.3. The molecule has 0 aromatic heterocycles. The van der Waals surface area contributed by atoms with Crippen LogP contribution in [0.3, 0.4) is 0 Å². The molecule has 1 aliphatic rings. The molecule has 5 nitrogen and oxygen atoms in total. The standard InChI is InChI=1S/C12H13BrN2O3/c1-3-18-12(17)7-4-8(13)10-9(5-7)15-11(16)6(2)14-10/h4-6,14H,3H2,1-2H3,(H,15,16). The molecule has 1 aromatic carbocycles. The Morgan fingerprint density at radius 3 is 2.89 bits per heavy atom. The molecule has 0 bridgehead atoms. The van der Waals surface area contributed by atoms with Crippen molar-refractivity contribution in [1.29, 1.82) is 0 Å². The van der Waals surface area contributed by atoms with Crippen molar-refractivity contribution in [2.75, 3.05) is 17.2 Å². The predicted octanol–water partition coefficient (Wildman–Crippen LogP) is 2.38. The van der Waals surface area contributed by atoms with Gasteiger partial charge in [0.1, 0.15) is 6.04 Å². The van der Waals surface area contributed by atoms with Crippen LogP contribution in [0.2, 0.25) is 0 Å². The fraction of sp³-hybridized carbons (Fsp3) is 0.333. The minimum Gasteiger partial charge on any atom is -0.462 e. The van der Waals surface area contributed by atoms with E-state index in [2.05, 4.69) is 26.6 Å². The van der Waals surface area contributed by atoms with Gasteiger partial charge in [-0.15, -0.1) is 0 Å². The Kier molecular flexibility index (Phi) is 3.56. The second-order valence-electron chi connectivity index (χ2n) is 3.96. The Morgan fingerprint density at radius 2 is 2.22 bits per heavy atom. The zero-order valence-corrected chi connectivity index (χ0v) is 11.6. The Bertz CT molecular complexity index is 516. The molecule has 0 radical (unpaired) electrons. The van der Waals surface area contributed by atoms with Gasteiger partial charge in [-0.25, -0.2) is 4.79 Å². The highest BCUT2D eigenvalue weighted by Gasteiger charge is 2.24.